The number of rotatable bonds is 8. The zero-order valence-electron chi connectivity index (χ0n) is 28.8. The Balaban J connectivity index is 0.000000162. The molecule has 8 aromatic rings. The predicted molar refractivity (Wildman–Crippen MR) is 211 cm³/mol. The maximum Gasteiger partial charge on any atom is 0.143 e. The maximum absolute atomic E-state index is 10.1. The summed E-state index contributed by atoms with van der Waals surface area (Å²) in [6.07, 6.45) is 3.46. The molecule has 0 amide bonds. The summed E-state index contributed by atoms with van der Waals surface area (Å²) in [5.41, 5.74) is 8.97. The van der Waals surface area contributed by atoms with Gasteiger partial charge in [0.1, 0.15) is 45.7 Å². The monoisotopic (exact) mass is 684 g/mol. The number of phenolic OH excluding ortho intramolecular Hbond substituents is 2. The van der Waals surface area contributed by atoms with Gasteiger partial charge < -0.3 is 28.5 Å². The average Bonchev–Trinajstić information content (AvgIpc) is 3.77. The minimum Gasteiger partial charge on any atom is -0.508 e. The molecule has 52 heavy (non-hydrogen) atoms. The number of aromatic hydroxyl groups is 2. The highest BCUT2D eigenvalue weighted by atomic mass is 16.5. The van der Waals surface area contributed by atoms with Crippen molar-refractivity contribution >= 4 is 34.1 Å². The first-order chi connectivity index (χ1) is 25.4. The van der Waals surface area contributed by atoms with E-state index in [1.165, 1.54) is 0 Å². The molecule has 0 bridgehead atoms. The first-order valence-electron chi connectivity index (χ1n) is 16.7. The SMILES string of the molecule is C=Cc1cc(O)cc2c(-c3ccccc3)c(-c3ccc(O)cc3)oc12.C=Cc1cc(OC)cc2c(-c3ccccc3)c(-c3ccc(OC)cc3)oc12. The van der Waals surface area contributed by atoms with Crippen molar-refractivity contribution < 1.29 is 28.5 Å². The van der Waals surface area contributed by atoms with Gasteiger partial charge in [-0.2, -0.15) is 0 Å². The van der Waals surface area contributed by atoms with Crippen LogP contribution in [-0.4, -0.2) is 24.4 Å². The number of hydrogen-bond acceptors (Lipinski definition) is 6. The van der Waals surface area contributed by atoms with Gasteiger partial charge in [0.05, 0.1) is 14.2 Å². The zero-order chi connectivity index (χ0) is 36.2. The molecule has 2 N–H and O–H groups in total. The molecule has 0 saturated heterocycles. The van der Waals surface area contributed by atoms with Gasteiger partial charge in [-0.25, -0.2) is 0 Å². The van der Waals surface area contributed by atoms with E-state index in [1.54, 1.807) is 50.6 Å². The molecule has 6 nitrogen and oxygen atoms in total. The lowest BCUT2D eigenvalue weighted by Crippen LogP contribution is -1.85. The molecule has 8 rings (SSSR count). The second kappa shape index (κ2) is 14.5. The van der Waals surface area contributed by atoms with Crippen molar-refractivity contribution in [1.29, 1.82) is 0 Å². The van der Waals surface area contributed by atoms with Crippen molar-refractivity contribution in [3.8, 4) is 67.9 Å². The highest BCUT2D eigenvalue weighted by Gasteiger charge is 2.22. The average molecular weight is 685 g/mol. The number of benzene rings is 6. The van der Waals surface area contributed by atoms with Gasteiger partial charge in [0.25, 0.3) is 0 Å². The molecule has 0 fully saturated rings. The van der Waals surface area contributed by atoms with Crippen LogP contribution in [0.4, 0.5) is 0 Å². The standard InChI is InChI=1S/C24H20O3.C22H16O3/c1-4-16-14-20(26-3)15-21-22(17-8-6-5-7-9-17)24(27-23(16)21)18-10-12-19(25-2)13-11-18;1-2-14-12-18(24)13-19-20(15-6-4-3-5-7-15)22(25-21(14)19)16-8-10-17(23)11-9-16/h4-15H,1H2,2-3H3;2-13,23-24H,1H2. The zero-order valence-corrected chi connectivity index (χ0v) is 28.8. The normalized spacial score (nSPS) is 10.8. The maximum atomic E-state index is 10.1. The lowest BCUT2D eigenvalue weighted by Gasteiger charge is -2.06. The topological polar surface area (TPSA) is 85.2 Å². The molecule has 0 saturated carbocycles. The summed E-state index contributed by atoms with van der Waals surface area (Å²) < 4.78 is 23.3. The van der Waals surface area contributed by atoms with Crippen LogP contribution in [0.25, 0.3) is 79.0 Å². The Labute approximate surface area is 301 Å². The Morgan fingerprint density at radius 3 is 1.42 bits per heavy atom. The molecule has 0 radical (unpaired) electrons. The Hall–Kier alpha value is -6.92. The fraction of sp³-hybridized carbons (Fsp3) is 0.0435. The van der Waals surface area contributed by atoms with Gasteiger partial charge in [-0.15, -0.1) is 0 Å². The molecule has 256 valence electrons. The summed E-state index contributed by atoms with van der Waals surface area (Å²) in [5.74, 6) is 3.45. The van der Waals surface area contributed by atoms with Gasteiger partial charge in [0.2, 0.25) is 0 Å². The smallest absolute Gasteiger partial charge is 0.143 e. The summed E-state index contributed by atoms with van der Waals surface area (Å²) >= 11 is 0. The Morgan fingerprint density at radius 1 is 0.481 bits per heavy atom. The van der Waals surface area contributed by atoms with E-state index in [1.807, 2.05) is 97.1 Å². The van der Waals surface area contributed by atoms with Crippen LogP contribution in [0.1, 0.15) is 11.1 Å². The van der Waals surface area contributed by atoms with Crippen LogP contribution in [0.5, 0.6) is 23.0 Å². The molecule has 0 spiro atoms. The van der Waals surface area contributed by atoms with E-state index in [0.717, 1.165) is 78.1 Å². The largest absolute Gasteiger partial charge is 0.508 e. The fourth-order valence-electron chi connectivity index (χ4n) is 6.37. The van der Waals surface area contributed by atoms with E-state index < -0.39 is 0 Å². The highest BCUT2D eigenvalue weighted by molar-refractivity contribution is 6.06. The van der Waals surface area contributed by atoms with E-state index in [2.05, 4.69) is 25.3 Å². The molecule has 6 heteroatoms. The number of fused-ring (bicyclic) bond motifs is 2. The fourth-order valence-corrected chi connectivity index (χ4v) is 6.37. The first kappa shape index (κ1) is 33.6. The molecule has 6 aromatic carbocycles. The summed E-state index contributed by atoms with van der Waals surface area (Å²) in [4.78, 5) is 0. The molecule has 2 aromatic heterocycles. The van der Waals surface area contributed by atoms with Crippen molar-refractivity contribution in [2.24, 2.45) is 0 Å². The number of furan rings is 2. The van der Waals surface area contributed by atoms with Gasteiger partial charge in [0.15, 0.2) is 0 Å². The lowest BCUT2D eigenvalue weighted by molar-refractivity contribution is 0.414. The van der Waals surface area contributed by atoms with E-state index >= 15 is 0 Å². The molecule has 2 heterocycles. The molecule has 0 atom stereocenters. The molecule has 0 aliphatic heterocycles. The predicted octanol–water partition coefficient (Wildman–Crippen LogP) is 12.2. The second-order valence-electron chi connectivity index (χ2n) is 12.0. The van der Waals surface area contributed by atoms with E-state index in [9.17, 15) is 10.2 Å². The molecular formula is C46H36O6. The molecule has 0 aliphatic carbocycles. The van der Waals surface area contributed by atoms with Gasteiger partial charge in [-0.05, 0) is 83.9 Å². The van der Waals surface area contributed by atoms with Crippen molar-refractivity contribution in [2.45, 2.75) is 0 Å². The third kappa shape index (κ3) is 6.41. The van der Waals surface area contributed by atoms with Crippen molar-refractivity contribution in [1.82, 2.24) is 0 Å². The number of methoxy groups -OCH3 is 2. The van der Waals surface area contributed by atoms with Gasteiger partial charge >= 0.3 is 0 Å². The third-order valence-corrected chi connectivity index (χ3v) is 8.88. The minimum absolute atomic E-state index is 0.164. The summed E-state index contributed by atoms with van der Waals surface area (Å²) in [5, 5.41) is 21.5. The summed E-state index contributed by atoms with van der Waals surface area (Å²) in [6, 6.07) is 42.2. The minimum atomic E-state index is 0.164. The third-order valence-electron chi connectivity index (χ3n) is 8.88. The highest BCUT2D eigenvalue weighted by Crippen LogP contribution is 2.45. The van der Waals surface area contributed by atoms with Gasteiger partial charge in [-0.3, -0.25) is 0 Å². The lowest BCUT2D eigenvalue weighted by atomic mass is 9.97. The van der Waals surface area contributed by atoms with Gasteiger partial charge in [-0.1, -0.05) is 86.0 Å². The van der Waals surface area contributed by atoms with Crippen LogP contribution in [0.3, 0.4) is 0 Å². The second-order valence-corrected chi connectivity index (χ2v) is 12.0. The van der Waals surface area contributed by atoms with Crippen LogP contribution < -0.4 is 9.47 Å². The Morgan fingerprint density at radius 2 is 0.942 bits per heavy atom. The van der Waals surface area contributed by atoms with Crippen molar-refractivity contribution in [2.75, 3.05) is 14.2 Å². The molecule has 0 aliphatic rings. The Kier molecular flexibility index (Phi) is 9.37. The summed E-state index contributed by atoms with van der Waals surface area (Å²) in [6.45, 7) is 7.75. The van der Waals surface area contributed by atoms with Crippen LogP contribution >= 0.6 is 0 Å². The van der Waals surface area contributed by atoms with Crippen LogP contribution in [0.2, 0.25) is 0 Å². The van der Waals surface area contributed by atoms with Crippen LogP contribution in [0.15, 0.2) is 155 Å². The van der Waals surface area contributed by atoms with E-state index in [-0.39, 0.29) is 11.5 Å². The van der Waals surface area contributed by atoms with Crippen LogP contribution in [-0.2, 0) is 0 Å². The quantitative estimate of drug-likeness (QED) is 0.166. The van der Waals surface area contributed by atoms with E-state index in [4.69, 9.17) is 18.3 Å². The van der Waals surface area contributed by atoms with Crippen molar-refractivity contribution in [3.05, 3.63) is 158 Å². The number of hydrogen-bond donors (Lipinski definition) is 2. The molecular weight excluding hydrogens is 649 g/mol. The van der Waals surface area contributed by atoms with Crippen molar-refractivity contribution in [3.63, 3.8) is 0 Å². The van der Waals surface area contributed by atoms with E-state index in [0.29, 0.717) is 11.3 Å². The van der Waals surface area contributed by atoms with Gasteiger partial charge in [0, 0.05) is 44.2 Å². The van der Waals surface area contributed by atoms with Crippen LogP contribution in [0, 0.1) is 0 Å². The summed E-state index contributed by atoms with van der Waals surface area (Å²) in [7, 11) is 3.33. The number of ether oxygens (including phenoxy) is 2. The first-order valence-corrected chi connectivity index (χ1v) is 16.7. The number of phenols is 2. The molecule has 0 unspecified atom stereocenters. The Bertz CT molecular complexity index is 2510.